The van der Waals surface area contributed by atoms with Crippen LogP contribution in [0.3, 0.4) is 0 Å². The molecule has 2 fully saturated rings. The number of nitrogens with one attached hydrogen (secondary N) is 1. The van der Waals surface area contributed by atoms with Crippen LogP contribution in [0.4, 0.5) is 5.69 Å². The van der Waals surface area contributed by atoms with Gasteiger partial charge in [0.1, 0.15) is 0 Å². The summed E-state index contributed by atoms with van der Waals surface area (Å²) in [6.07, 6.45) is 3.09. The quantitative estimate of drug-likeness (QED) is 0.187. The zero-order valence-corrected chi connectivity index (χ0v) is 32.0. The van der Waals surface area contributed by atoms with E-state index in [9.17, 15) is 4.79 Å². The third-order valence-electron chi connectivity index (χ3n) is 15.6. The van der Waals surface area contributed by atoms with Crippen LogP contribution in [0.25, 0.3) is 32.8 Å². The summed E-state index contributed by atoms with van der Waals surface area (Å²) in [5, 5.41) is 5.44. The zero-order chi connectivity index (χ0) is 37.5. The molecule has 2 saturated carbocycles. The molecule has 2 amide bonds. The van der Waals surface area contributed by atoms with E-state index in [0.29, 0.717) is 19.4 Å². The van der Waals surface area contributed by atoms with Gasteiger partial charge in [0.15, 0.2) is 0 Å². The fourth-order valence-electron chi connectivity index (χ4n) is 11.5. The van der Waals surface area contributed by atoms with E-state index in [1.54, 1.807) is 0 Å². The second-order valence-electron chi connectivity index (χ2n) is 17.8. The second kappa shape index (κ2) is 10.7. The Morgan fingerprint density at radius 3 is 1.63 bits per heavy atom. The normalized spacial score (nSPS) is 28.0. The number of carbonyl (C=O) groups is 2. The summed E-state index contributed by atoms with van der Waals surface area (Å²) < 4.78 is 0. The van der Waals surface area contributed by atoms with E-state index in [-0.39, 0.29) is 29.2 Å². The summed E-state index contributed by atoms with van der Waals surface area (Å²) in [5.74, 6) is -0.0269. The number of fused-ring (bicyclic) bond motifs is 13. The Bertz CT molecular complexity index is 2610. The molecular formula is C46H46N6O2. The first-order chi connectivity index (χ1) is 25.8. The van der Waals surface area contributed by atoms with Crippen molar-refractivity contribution in [2.75, 3.05) is 18.0 Å². The number of carbonyl (C=O) groups excluding carboxylic acids is 2. The van der Waals surface area contributed by atoms with Crippen LogP contribution >= 0.6 is 0 Å². The van der Waals surface area contributed by atoms with E-state index in [4.69, 9.17) is 19.9 Å². The van der Waals surface area contributed by atoms with E-state index in [1.165, 1.54) is 0 Å². The molecule has 54 heavy (non-hydrogen) atoms. The molecule has 10 rings (SSSR count). The van der Waals surface area contributed by atoms with Gasteiger partial charge in [-0.25, -0.2) is 19.9 Å². The van der Waals surface area contributed by atoms with Crippen molar-refractivity contribution in [2.45, 2.75) is 88.9 Å². The van der Waals surface area contributed by atoms with E-state index >= 15 is 4.79 Å². The number of rotatable bonds is 6. The monoisotopic (exact) mass is 714 g/mol. The number of benzene rings is 4. The number of amides is 2. The van der Waals surface area contributed by atoms with Crippen LogP contribution < -0.4 is 10.2 Å². The largest absolute Gasteiger partial charge is 0.353 e. The lowest BCUT2D eigenvalue weighted by Gasteiger charge is -2.42. The number of aromatic nitrogens is 4. The summed E-state index contributed by atoms with van der Waals surface area (Å²) in [6.45, 7) is 14.0. The molecule has 272 valence electrons. The molecule has 8 nitrogen and oxygen atoms in total. The highest BCUT2D eigenvalue weighted by Gasteiger charge is 2.75. The number of hydrogen-bond acceptors (Lipinski definition) is 6. The number of nitrogens with zero attached hydrogens (tertiary/aromatic N) is 5. The Labute approximate surface area is 315 Å². The van der Waals surface area contributed by atoms with E-state index < -0.39 is 21.7 Å². The van der Waals surface area contributed by atoms with Gasteiger partial charge in [-0.05, 0) is 72.2 Å². The maximum atomic E-state index is 15.8. The van der Waals surface area contributed by atoms with Crippen LogP contribution in [-0.2, 0) is 31.2 Å². The van der Waals surface area contributed by atoms with Crippen molar-refractivity contribution in [3.8, 4) is 0 Å². The molecule has 0 saturated heterocycles. The van der Waals surface area contributed by atoms with Crippen LogP contribution in [-0.4, -0.2) is 44.8 Å². The molecular weight excluding hydrogens is 669 g/mol. The third-order valence-corrected chi connectivity index (χ3v) is 15.6. The summed E-state index contributed by atoms with van der Waals surface area (Å²) in [5.41, 5.74) is 4.43. The minimum Gasteiger partial charge on any atom is -0.353 e. The molecule has 4 unspecified atom stereocenters. The highest BCUT2D eigenvalue weighted by molar-refractivity contribution is 6.09. The van der Waals surface area contributed by atoms with Gasteiger partial charge in [0.25, 0.3) is 0 Å². The molecule has 4 bridgehead atoms. The standard InChI is InChI=1S/C46H46N6O2/c1-41(2)43(5)22-24-45(41,37-35(43)48-30-17-9-11-19-32(30)50-37)39(53)47-26-27-52(34-21-13-15-28-14-7-8-16-29(28)34)40(54)46-25-23-44(6,42(46,3)4)36-38(46)51-33-20-12-10-18-31(33)49-36/h7-21H,22-27H2,1-6H3,(H,47,53). The lowest BCUT2D eigenvalue weighted by Crippen LogP contribution is -2.55. The first-order valence-electron chi connectivity index (χ1n) is 19.5. The summed E-state index contributed by atoms with van der Waals surface area (Å²) in [6, 6.07) is 30.3. The van der Waals surface area contributed by atoms with Gasteiger partial charge < -0.3 is 10.2 Å². The topological polar surface area (TPSA) is 101 Å². The smallest absolute Gasteiger partial charge is 0.239 e. The Hall–Kier alpha value is -5.24. The van der Waals surface area contributed by atoms with Crippen LogP contribution in [0.2, 0.25) is 0 Å². The van der Waals surface area contributed by atoms with Gasteiger partial charge in [-0.2, -0.15) is 0 Å². The maximum absolute atomic E-state index is 15.8. The Kier molecular flexibility index (Phi) is 6.61. The molecule has 4 aliphatic rings. The number of hydrogen-bond donors (Lipinski definition) is 1. The van der Waals surface area contributed by atoms with Crippen molar-refractivity contribution >= 4 is 50.3 Å². The second-order valence-corrected chi connectivity index (χ2v) is 17.8. The SMILES string of the molecule is CC12CCC(C(=O)NCCN(C(=O)C34CCC(C)(c5nc6ccccc6nc53)C4(C)C)c3cccc4ccccc34)(c3nc4ccccc4nc31)C2(C)C. The Balaban J connectivity index is 1.05. The van der Waals surface area contributed by atoms with Gasteiger partial charge in [-0.1, -0.05) is 102 Å². The first kappa shape index (κ1) is 33.3. The van der Waals surface area contributed by atoms with Crippen molar-refractivity contribution in [3.63, 3.8) is 0 Å². The molecule has 0 radical (unpaired) electrons. The van der Waals surface area contributed by atoms with Crippen LogP contribution in [0.15, 0.2) is 91.0 Å². The molecule has 4 atom stereocenters. The zero-order valence-electron chi connectivity index (χ0n) is 32.0. The molecule has 4 aromatic carbocycles. The Morgan fingerprint density at radius 2 is 1.04 bits per heavy atom. The van der Waals surface area contributed by atoms with Gasteiger partial charge >= 0.3 is 0 Å². The third kappa shape index (κ3) is 3.74. The highest BCUT2D eigenvalue weighted by Crippen LogP contribution is 2.71. The molecule has 4 aliphatic carbocycles. The minimum atomic E-state index is -0.899. The first-order valence-corrected chi connectivity index (χ1v) is 19.5. The number of para-hydroxylation sites is 4. The van der Waals surface area contributed by atoms with E-state index in [0.717, 1.165) is 74.1 Å². The molecule has 6 aromatic rings. The maximum Gasteiger partial charge on any atom is 0.239 e. The lowest BCUT2D eigenvalue weighted by atomic mass is 9.63. The Morgan fingerprint density at radius 1 is 0.574 bits per heavy atom. The molecule has 0 spiro atoms. The van der Waals surface area contributed by atoms with Gasteiger partial charge in [0.05, 0.1) is 61.4 Å². The number of anilines is 1. The lowest BCUT2D eigenvalue weighted by molar-refractivity contribution is -0.131. The van der Waals surface area contributed by atoms with Crippen LogP contribution in [0.1, 0.15) is 90.0 Å². The molecule has 8 heteroatoms. The van der Waals surface area contributed by atoms with Crippen molar-refractivity contribution in [1.82, 2.24) is 25.3 Å². The predicted octanol–water partition coefficient (Wildman–Crippen LogP) is 8.23. The van der Waals surface area contributed by atoms with Gasteiger partial charge in [-0.15, -0.1) is 0 Å². The molecule has 2 heterocycles. The highest BCUT2D eigenvalue weighted by atomic mass is 16.2. The summed E-state index contributed by atoms with van der Waals surface area (Å²) >= 11 is 0. The van der Waals surface area contributed by atoms with Gasteiger partial charge in [0, 0.05) is 29.3 Å². The minimum absolute atomic E-state index is 0.0145. The fourth-order valence-corrected chi connectivity index (χ4v) is 11.5. The van der Waals surface area contributed by atoms with Crippen molar-refractivity contribution < 1.29 is 9.59 Å². The molecule has 1 N–H and O–H groups in total. The van der Waals surface area contributed by atoms with Crippen molar-refractivity contribution in [3.05, 3.63) is 114 Å². The average molecular weight is 715 g/mol. The van der Waals surface area contributed by atoms with E-state index in [1.807, 2.05) is 77.7 Å². The van der Waals surface area contributed by atoms with Crippen molar-refractivity contribution in [1.29, 1.82) is 0 Å². The van der Waals surface area contributed by atoms with Crippen LogP contribution in [0, 0.1) is 10.8 Å². The van der Waals surface area contributed by atoms with E-state index in [2.05, 4.69) is 65.1 Å². The molecule has 0 aliphatic heterocycles. The summed E-state index contributed by atoms with van der Waals surface area (Å²) in [4.78, 5) is 53.5. The van der Waals surface area contributed by atoms with Crippen molar-refractivity contribution in [2.24, 2.45) is 10.8 Å². The predicted molar refractivity (Wildman–Crippen MR) is 212 cm³/mol. The fraction of sp³-hybridized carbons (Fsp3) is 0.391. The van der Waals surface area contributed by atoms with Gasteiger partial charge in [-0.3, -0.25) is 9.59 Å². The molecule has 2 aromatic heterocycles. The summed E-state index contributed by atoms with van der Waals surface area (Å²) in [7, 11) is 0. The average Bonchev–Trinajstić information content (AvgIpc) is 3.64. The van der Waals surface area contributed by atoms with Gasteiger partial charge in [0.2, 0.25) is 11.8 Å². The van der Waals surface area contributed by atoms with Crippen LogP contribution in [0.5, 0.6) is 0 Å².